The van der Waals surface area contributed by atoms with Gasteiger partial charge in [-0.05, 0) is 34.1 Å². The quantitative estimate of drug-likeness (QED) is 0.622. The smallest absolute Gasteiger partial charge is 0.287 e. The molecule has 5 nitrogen and oxygen atoms in total. The highest BCUT2D eigenvalue weighted by Crippen LogP contribution is 2.32. The highest BCUT2D eigenvalue weighted by atomic mass is 79.9. The molecule has 0 atom stereocenters. The number of hydrogen-bond donors (Lipinski definition) is 0. The Bertz CT molecular complexity index is 728. The Hall–Kier alpha value is -2.46. The van der Waals surface area contributed by atoms with Crippen molar-refractivity contribution < 1.29 is 14.1 Å². The largest absolute Gasteiger partial charge is 0.456 e. The lowest BCUT2D eigenvalue weighted by atomic mass is 10.2. The standard InChI is InChI=1S/C13H6BrFN2O3/c14-11-3-1-9(15)6-13(11)20-10-2-4-12(17(18)19)8(5-10)7-16/h1-6H. The van der Waals surface area contributed by atoms with Crippen molar-refractivity contribution in [3.8, 4) is 17.6 Å². The number of nitrogens with zero attached hydrogens (tertiary/aromatic N) is 2. The van der Waals surface area contributed by atoms with Gasteiger partial charge in [-0.2, -0.15) is 5.26 Å². The molecule has 0 saturated heterocycles. The third-order valence-corrected chi connectivity index (χ3v) is 3.06. The molecular formula is C13H6BrFN2O3. The highest BCUT2D eigenvalue weighted by molar-refractivity contribution is 9.10. The van der Waals surface area contributed by atoms with Crippen LogP contribution in [0.3, 0.4) is 0 Å². The van der Waals surface area contributed by atoms with Crippen LogP contribution in [0.2, 0.25) is 0 Å². The van der Waals surface area contributed by atoms with E-state index in [9.17, 15) is 14.5 Å². The van der Waals surface area contributed by atoms with Gasteiger partial charge >= 0.3 is 0 Å². The van der Waals surface area contributed by atoms with Crippen molar-refractivity contribution in [1.82, 2.24) is 0 Å². The molecule has 2 aromatic carbocycles. The van der Waals surface area contributed by atoms with Gasteiger partial charge in [-0.25, -0.2) is 4.39 Å². The number of hydrogen-bond acceptors (Lipinski definition) is 4. The third kappa shape index (κ3) is 2.92. The molecule has 100 valence electrons. The molecule has 2 rings (SSSR count). The first-order valence-electron chi connectivity index (χ1n) is 5.32. The molecule has 0 aliphatic rings. The van der Waals surface area contributed by atoms with Crippen molar-refractivity contribution in [2.24, 2.45) is 0 Å². The lowest BCUT2D eigenvalue weighted by molar-refractivity contribution is -0.385. The van der Waals surface area contributed by atoms with E-state index in [1.807, 2.05) is 0 Å². The van der Waals surface area contributed by atoms with E-state index in [0.29, 0.717) is 4.47 Å². The maximum atomic E-state index is 13.1. The lowest BCUT2D eigenvalue weighted by Crippen LogP contribution is -1.93. The van der Waals surface area contributed by atoms with E-state index < -0.39 is 10.7 Å². The van der Waals surface area contributed by atoms with E-state index in [4.69, 9.17) is 10.00 Å². The van der Waals surface area contributed by atoms with Crippen LogP contribution in [-0.4, -0.2) is 4.92 Å². The summed E-state index contributed by atoms with van der Waals surface area (Å²) < 4.78 is 19.1. The zero-order valence-electron chi connectivity index (χ0n) is 9.84. The first kappa shape index (κ1) is 14.0. The Labute approximate surface area is 121 Å². The molecule has 0 aromatic heterocycles. The molecule has 0 aliphatic carbocycles. The van der Waals surface area contributed by atoms with Crippen LogP contribution >= 0.6 is 15.9 Å². The Morgan fingerprint density at radius 2 is 2.05 bits per heavy atom. The van der Waals surface area contributed by atoms with Gasteiger partial charge in [0, 0.05) is 18.2 Å². The Balaban J connectivity index is 2.38. The average molecular weight is 337 g/mol. The van der Waals surface area contributed by atoms with E-state index in [-0.39, 0.29) is 22.7 Å². The van der Waals surface area contributed by atoms with E-state index in [1.165, 1.54) is 30.3 Å². The summed E-state index contributed by atoms with van der Waals surface area (Å²) in [7, 11) is 0. The number of ether oxygens (including phenoxy) is 1. The maximum absolute atomic E-state index is 13.1. The summed E-state index contributed by atoms with van der Waals surface area (Å²) >= 11 is 3.20. The lowest BCUT2D eigenvalue weighted by Gasteiger charge is -2.08. The van der Waals surface area contributed by atoms with Gasteiger partial charge in [-0.15, -0.1) is 0 Å². The Kier molecular flexibility index (Phi) is 3.96. The first-order chi connectivity index (χ1) is 9.51. The van der Waals surface area contributed by atoms with Crippen LogP contribution in [0.25, 0.3) is 0 Å². The van der Waals surface area contributed by atoms with Crippen LogP contribution in [-0.2, 0) is 0 Å². The van der Waals surface area contributed by atoms with E-state index in [1.54, 1.807) is 6.07 Å². The predicted octanol–water partition coefficient (Wildman–Crippen LogP) is 4.16. The van der Waals surface area contributed by atoms with Crippen LogP contribution in [0.15, 0.2) is 40.9 Å². The molecular weight excluding hydrogens is 331 g/mol. The zero-order valence-corrected chi connectivity index (χ0v) is 11.4. The minimum Gasteiger partial charge on any atom is -0.456 e. The second-order valence-corrected chi connectivity index (χ2v) is 4.58. The average Bonchev–Trinajstić information content (AvgIpc) is 2.42. The number of nitriles is 1. The van der Waals surface area contributed by atoms with Gasteiger partial charge in [0.1, 0.15) is 28.9 Å². The number of rotatable bonds is 3. The fourth-order valence-electron chi connectivity index (χ4n) is 1.51. The monoisotopic (exact) mass is 336 g/mol. The summed E-state index contributed by atoms with van der Waals surface area (Å²) in [5.41, 5.74) is -0.432. The molecule has 0 bridgehead atoms. The molecule has 0 fully saturated rings. The number of nitro benzene ring substituents is 1. The zero-order chi connectivity index (χ0) is 14.7. The fourth-order valence-corrected chi connectivity index (χ4v) is 1.84. The molecule has 0 aliphatic heterocycles. The second-order valence-electron chi connectivity index (χ2n) is 3.72. The van der Waals surface area contributed by atoms with Crippen molar-refractivity contribution in [2.45, 2.75) is 0 Å². The maximum Gasteiger partial charge on any atom is 0.287 e. The summed E-state index contributed by atoms with van der Waals surface area (Å²) in [6, 6.07) is 9.36. The Morgan fingerprint density at radius 3 is 2.70 bits per heavy atom. The normalized spacial score (nSPS) is 9.85. The molecule has 0 saturated carbocycles. The summed E-state index contributed by atoms with van der Waals surface area (Å²) in [6.45, 7) is 0. The molecule has 0 unspecified atom stereocenters. The van der Waals surface area contributed by atoms with Crippen molar-refractivity contribution in [2.75, 3.05) is 0 Å². The summed E-state index contributed by atoms with van der Waals surface area (Å²) in [6.07, 6.45) is 0. The van der Waals surface area contributed by atoms with E-state index >= 15 is 0 Å². The Morgan fingerprint density at radius 1 is 1.30 bits per heavy atom. The van der Waals surface area contributed by atoms with Crippen molar-refractivity contribution in [3.63, 3.8) is 0 Å². The van der Waals surface area contributed by atoms with Crippen LogP contribution in [0.1, 0.15) is 5.56 Å². The predicted molar refractivity (Wildman–Crippen MR) is 72.0 cm³/mol. The van der Waals surface area contributed by atoms with Crippen molar-refractivity contribution >= 4 is 21.6 Å². The van der Waals surface area contributed by atoms with E-state index in [0.717, 1.165) is 6.07 Å². The summed E-state index contributed by atoms with van der Waals surface area (Å²) in [4.78, 5) is 10.1. The molecule has 0 heterocycles. The number of halogens is 2. The molecule has 0 radical (unpaired) electrons. The van der Waals surface area contributed by atoms with E-state index in [2.05, 4.69) is 15.9 Å². The van der Waals surface area contributed by atoms with Gasteiger partial charge in [0.15, 0.2) is 0 Å². The van der Waals surface area contributed by atoms with Gasteiger partial charge in [-0.1, -0.05) is 0 Å². The van der Waals surface area contributed by atoms with Crippen LogP contribution in [0.4, 0.5) is 10.1 Å². The molecule has 0 amide bonds. The first-order valence-corrected chi connectivity index (χ1v) is 6.12. The topological polar surface area (TPSA) is 76.2 Å². The van der Waals surface area contributed by atoms with Crippen LogP contribution in [0.5, 0.6) is 11.5 Å². The highest BCUT2D eigenvalue weighted by Gasteiger charge is 2.15. The summed E-state index contributed by atoms with van der Waals surface area (Å²) in [5.74, 6) is -0.0631. The van der Waals surface area contributed by atoms with Gasteiger partial charge in [0.25, 0.3) is 5.69 Å². The van der Waals surface area contributed by atoms with Gasteiger partial charge in [-0.3, -0.25) is 10.1 Å². The number of benzene rings is 2. The molecule has 2 aromatic rings. The molecule has 0 spiro atoms. The van der Waals surface area contributed by atoms with Gasteiger partial charge in [0.2, 0.25) is 0 Å². The van der Waals surface area contributed by atoms with Crippen LogP contribution < -0.4 is 4.74 Å². The number of nitro groups is 1. The third-order valence-electron chi connectivity index (χ3n) is 2.41. The second kappa shape index (κ2) is 5.67. The fraction of sp³-hybridized carbons (Fsp3) is 0. The molecule has 20 heavy (non-hydrogen) atoms. The molecule has 7 heteroatoms. The molecule has 0 N–H and O–H groups in total. The van der Waals surface area contributed by atoms with Gasteiger partial charge < -0.3 is 4.74 Å². The van der Waals surface area contributed by atoms with Crippen molar-refractivity contribution in [3.05, 3.63) is 62.4 Å². The van der Waals surface area contributed by atoms with Crippen LogP contribution in [0, 0.1) is 27.3 Å². The van der Waals surface area contributed by atoms with Gasteiger partial charge in [0.05, 0.1) is 9.40 Å². The summed E-state index contributed by atoms with van der Waals surface area (Å²) in [5, 5.41) is 19.6. The minimum atomic E-state index is -0.652. The minimum absolute atomic E-state index is 0.125. The SMILES string of the molecule is N#Cc1cc(Oc2cc(F)ccc2Br)ccc1[N+](=O)[O-]. The van der Waals surface area contributed by atoms with Crippen molar-refractivity contribution in [1.29, 1.82) is 5.26 Å².